The molecular formula is C23H19N3O3S. The predicted molar refractivity (Wildman–Crippen MR) is 118 cm³/mol. The highest BCUT2D eigenvalue weighted by molar-refractivity contribution is 7.98. The molecule has 0 radical (unpaired) electrons. The Morgan fingerprint density at radius 3 is 2.47 bits per heavy atom. The Bertz CT molecular complexity index is 1130. The van der Waals surface area contributed by atoms with Crippen LogP contribution in [0.2, 0.25) is 0 Å². The van der Waals surface area contributed by atoms with Gasteiger partial charge in [0.2, 0.25) is 5.82 Å². The second-order valence-corrected chi connectivity index (χ2v) is 7.20. The molecule has 1 N–H and O–H groups in total. The quantitative estimate of drug-likeness (QED) is 0.420. The Kier molecular flexibility index (Phi) is 6.10. The van der Waals surface area contributed by atoms with Crippen molar-refractivity contribution in [2.24, 2.45) is 0 Å². The number of benzene rings is 3. The van der Waals surface area contributed by atoms with Crippen LogP contribution < -0.4 is 10.1 Å². The number of nitrogens with one attached hydrogen (secondary N) is 1. The third kappa shape index (κ3) is 4.69. The van der Waals surface area contributed by atoms with Gasteiger partial charge in [0.25, 0.3) is 11.8 Å². The molecule has 0 bridgehead atoms. The van der Waals surface area contributed by atoms with Crippen LogP contribution in [0.25, 0.3) is 22.8 Å². The maximum atomic E-state index is 12.2. The molecule has 0 aliphatic rings. The van der Waals surface area contributed by atoms with E-state index >= 15 is 0 Å². The molecular weight excluding hydrogens is 398 g/mol. The molecule has 4 rings (SSSR count). The molecule has 4 aromatic rings. The van der Waals surface area contributed by atoms with E-state index in [1.165, 1.54) is 0 Å². The summed E-state index contributed by atoms with van der Waals surface area (Å²) in [6, 6.07) is 24.5. The zero-order valence-corrected chi connectivity index (χ0v) is 17.1. The predicted octanol–water partition coefficient (Wildman–Crippen LogP) is 5.14. The number of ether oxygens (including phenoxy) is 1. The van der Waals surface area contributed by atoms with Crippen molar-refractivity contribution >= 4 is 23.4 Å². The zero-order valence-electron chi connectivity index (χ0n) is 16.2. The van der Waals surface area contributed by atoms with Gasteiger partial charge in [-0.05, 0) is 42.7 Å². The Balaban J connectivity index is 1.36. The summed E-state index contributed by atoms with van der Waals surface area (Å²) in [7, 11) is 0. The van der Waals surface area contributed by atoms with Crippen molar-refractivity contribution in [2.45, 2.75) is 4.90 Å². The first-order chi connectivity index (χ1) is 14.7. The minimum absolute atomic E-state index is 0.0826. The van der Waals surface area contributed by atoms with E-state index in [0.717, 1.165) is 21.7 Å². The summed E-state index contributed by atoms with van der Waals surface area (Å²) in [6.45, 7) is -0.0826. The summed E-state index contributed by atoms with van der Waals surface area (Å²) in [6.07, 6.45) is 1.97. The fourth-order valence-corrected chi connectivity index (χ4v) is 3.38. The van der Waals surface area contributed by atoms with Crippen LogP contribution in [0.15, 0.2) is 88.3 Å². The lowest BCUT2D eigenvalue weighted by Gasteiger charge is -2.10. The van der Waals surface area contributed by atoms with Gasteiger partial charge in [0.15, 0.2) is 6.61 Å². The largest absolute Gasteiger partial charge is 0.484 e. The summed E-state index contributed by atoms with van der Waals surface area (Å²) < 4.78 is 11.0. The molecule has 30 heavy (non-hydrogen) atoms. The van der Waals surface area contributed by atoms with Crippen LogP contribution in [0.1, 0.15) is 0 Å². The Morgan fingerprint density at radius 2 is 1.70 bits per heavy atom. The molecule has 1 heterocycles. The van der Waals surface area contributed by atoms with Gasteiger partial charge in [0, 0.05) is 16.0 Å². The first-order valence-electron chi connectivity index (χ1n) is 9.28. The van der Waals surface area contributed by atoms with E-state index in [1.807, 2.05) is 73.0 Å². The summed E-state index contributed by atoms with van der Waals surface area (Å²) in [4.78, 5) is 17.6. The smallest absolute Gasteiger partial charge is 0.262 e. The molecule has 0 saturated carbocycles. The molecule has 0 aliphatic carbocycles. The molecule has 3 aromatic carbocycles. The molecule has 150 valence electrons. The standard InChI is InChI=1S/C23H19N3O3S/c1-30-20-10-6-5-9-19(20)24-21(27)15-28-18-13-11-17(12-14-18)23-25-22(26-29-23)16-7-3-2-4-8-16/h2-14H,15H2,1H3,(H,24,27). The third-order valence-electron chi connectivity index (χ3n) is 4.31. The van der Waals surface area contributed by atoms with Crippen LogP contribution in [-0.2, 0) is 4.79 Å². The lowest BCUT2D eigenvalue weighted by Crippen LogP contribution is -2.20. The van der Waals surface area contributed by atoms with E-state index in [2.05, 4.69) is 15.5 Å². The van der Waals surface area contributed by atoms with Crippen LogP contribution in [0.4, 0.5) is 5.69 Å². The molecule has 1 aromatic heterocycles. The fraction of sp³-hybridized carbons (Fsp3) is 0.0870. The van der Waals surface area contributed by atoms with Crippen molar-refractivity contribution in [1.29, 1.82) is 0 Å². The van der Waals surface area contributed by atoms with Crippen molar-refractivity contribution < 1.29 is 14.1 Å². The molecule has 0 unspecified atom stereocenters. The van der Waals surface area contributed by atoms with Crippen molar-refractivity contribution in [3.05, 3.63) is 78.9 Å². The zero-order chi connectivity index (χ0) is 20.8. The van der Waals surface area contributed by atoms with Crippen molar-refractivity contribution in [1.82, 2.24) is 10.1 Å². The highest BCUT2D eigenvalue weighted by Gasteiger charge is 2.11. The van der Waals surface area contributed by atoms with E-state index in [4.69, 9.17) is 9.26 Å². The van der Waals surface area contributed by atoms with Gasteiger partial charge in [-0.3, -0.25) is 4.79 Å². The number of nitrogens with zero attached hydrogens (tertiary/aromatic N) is 2. The molecule has 1 amide bonds. The van der Waals surface area contributed by atoms with Gasteiger partial charge in [-0.2, -0.15) is 4.98 Å². The summed E-state index contributed by atoms with van der Waals surface area (Å²) >= 11 is 1.58. The Morgan fingerprint density at radius 1 is 0.967 bits per heavy atom. The van der Waals surface area contributed by atoms with Crippen LogP contribution in [0.5, 0.6) is 5.75 Å². The number of amides is 1. The van der Waals surface area contributed by atoms with Crippen LogP contribution in [0, 0.1) is 0 Å². The Labute approximate surface area is 178 Å². The highest BCUT2D eigenvalue weighted by Crippen LogP contribution is 2.25. The number of anilines is 1. The second-order valence-electron chi connectivity index (χ2n) is 6.35. The van der Waals surface area contributed by atoms with Gasteiger partial charge in [0.05, 0.1) is 5.69 Å². The molecule has 6 nitrogen and oxygen atoms in total. The van der Waals surface area contributed by atoms with Crippen LogP contribution >= 0.6 is 11.8 Å². The fourth-order valence-electron chi connectivity index (χ4n) is 2.82. The van der Waals surface area contributed by atoms with Gasteiger partial charge in [-0.15, -0.1) is 11.8 Å². The lowest BCUT2D eigenvalue weighted by atomic mass is 10.2. The van der Waals surface area contributed by atoms with Gasteiger partial charge >= 0.3 is 0 Å². The van der Waals surface area contributed by atoms with E-state index < -0.39 is 0 Å². The van der Waals surface area contributed by atoms with E-state index in [-0.39, 0.29) is 12.5 Å². The number of rotatable bonds is 7. The lowest BCUT2D eigenvalue weighted by molar-refractivity contribution is -0.118. The highest BCUT2D eigenvalue weighted by atomic mass is 32.2. The average molecular weight is 417 g/mol. The van der Waals surface area contributed by atoms with Crippen molar-refractivity contribution in [3.8, 4) is 28.6 Å². The monoisotopic (exact) mass is 417 g/mol. The average Bonchev–Trinajstić information content (AvgIpc) is 3.29. The Hall–Kier alpha value is -3.58. The normalized spacial score (nSPS) is 10.6. The SMILES string of the molecule is CSc1ccccc1NC(=O)COc1ccc(-c2nc(-c3ccccc3)no2)cc1. The maximum Gasteiger partial charge on any atom is 0.262 e. The molecule has 0 aliphatic heterocycles. The number of para-hydroxylation sites is 1. The van der Waals surface area contributed by atoms with E-state index in [0.29, 0.717) is 17.5 Å². The summed E-state index contributed by atoms with van der Waals surface area (Å²) in [5.74, 6) is 1.32. The van der Waals surface area contributed by atoms with Gasteiger partial charge in [-0.1, -0.05) is 47.6 Å². The van der Waals surface area contributed by atoms with E-state index in [1.54, 1.807) is 23.9 Å². The molecule has 0 atom stereocenters. The minimum Gasteiger partial charge on any atom is -0.484 e. The van der Waals surface area contributed by atoms with Crippen LogP contribution in [0.3, 0.4) is 0 Å². The first-order valence-corrected chi connectivity index (χ1v) is 10.5. The number of thioether (sulfide) groups is 1. The summed E-state index contributed by atoms with van der Waals surface area (Å²) in [5.41, 5.74) is 2.44. The molecule has 0 fully saturated rings. The minimum atomic E-state index is -0.218. The van der Waals surface area contributed by atoms with Crippen molar-refractivity contribution in [2.75, 3.05) is 18.2 Å². The number of hydrogen-bond acceptors (Lipinski definition) is 6. The molecule has 7 heteroatoms. The summed E-state index contributed by atoms with van der Waals surface area (Å²) in [5, 5.41) is 6.90. The van der Waals surface area contributed by atoms with Gasteiger partial charge in [-0.25, -0.2) is 0 Å². The third-order valence-corrected chi connectivity index (χ3v) is 5.11. The second kappa shape index (κ2) is 9.28. The van der Waals surface area contributed by atoms with Gasteiger partial charge < -0.3 is 14.6 Å². The molecule has 0 spiro atoms. The first kappa shape index (κ1) is 19.7. The number of carbonyl (C=O) groups excluding carboxylic acids is 1. The van der Waals surface area contributed by atoms with Crippen molar-refractivity contribution in [3.63, 3.8) is 0 Å². The number of aromatic nitrogens is 2. The van der Waals surface area contributed by atoms with Crippen LogP contribution in [-0.4, -0.2) is 28.9 Å². The van der Waals surface area contributed by atoms with Gasteiger partial charge in [0.1, 0.15) is 5.75 Å². The number of hydrogen-bond donors (Lipinski definition) is 1. The molecule has 0 saturated heterocycles. The number of carbonyl (C=O) groups is 1. The van der Waals surface area contributed by atoms with E-state index in [9.17, 15) is 4.79 Å². The maximum absolute atomic E-state index is 12.2. The topological polar surface area (TPSA) is 77.2 Å².